The van der Waals surface area contributed by atoms with E-state index >= 15 is 0 Å². The maximum absolute atomic E-state index is 6.36. The average Bonchev–Trinajstić information content (AvgIpc) is 2.79. The summed E-state index contributed by atoms with van der Waals surface area (Å²) in [6.45, 7) is 0.627. The number of nitrogens with zero attached hydrogens (tertiary/aromatic N) is 1. The first-order valence-corrected chi connectivity index (χ1v) is 8.11. The molecule has 0 bridgehead atoms. The predicted molar refractivity (Wildman–Crippen MR) is 95.5 cm³/mol. The van der Waals surface area contributed by atoms with Crippen LogP contribution in [0.5, 0.6) is 0 Å². The molecule has 1 nitrogen and oxygen atoms in total. The van der Waals surface area contributed by atoms with Crippen LogP contribution in [0.2, 0.25) is 20.2 Å². The summed E-state index contributed by atoms with van der Waals surface area (Å²) < 4.78 is 1.96. The van der Waals surface area contributed by atoms with Crippen molar-refractivity contribution < 1.29 is 0 Å². The molecule has 0 amide bonds. The van der Waals surface area contributed by atoms with Crippen molar-refractivity contribution in [1.29, 1.82) is 0 Å². The molecule has 0 unspecified atom stereocenters. The lowest BCUT2D eigenvalue weighted by Gasteiger charge is -2.11. The van der Waals surface area contributed by atoms with Crippen LogP contribution in [0.3, 0.4) is 0 Å². The van der Waals surface area contributed by atoms with Crippen molar-refractivity contribution in [1.82, 2.24) is 4.57 Å². The fraction of sp³-hybridized carbons (Fsp3) is 0.0588. The molecule has 0 aliphatic heterocycles. The lowest BCUT2D eigenvalue weighted by atomic mass is 10.1. The molecular formula is C17H11Cl4N. The molecule has 0 saturated carbocycles. The zero-order valence-corrected chi connectivity index (χ0v) is 14.4. The van der Waals surface area contributed by atoms with Crippen molar-refractivity contribution in [2.24, 2.45) is 0 Å². The molecule has 0 N–H and O–H groups in total. The Kier molecular flexibility index (Phi) is 4.70. The minimum absolute atomic E-state index is 0.499. The molecule has 2 aromatic carbocycles. The largest absolute Gasteiger partial charge is 0.326 e. The molecule has 0 aliphatic carbocycles. The van der Waals surface area contributed by atoms with E-state index in [2.05, 4.69) is 0 Å². The Bertz CT molecular complexity index is 809. The quantitative estimate of drug-likeness (QED) is 0.476. The van der Waals surface area contributed by atoms with Gasteiger partial charge in [0, 0.05) is 6.54 Å². The Morgan fingerprint density at radius 2 is 1.45 bits per heavy atom. The van der Waals surface area contributed by atoms with Crippen LogP contribution in [0.1, 0.15) is 5.56 Å². The number of rotatable bonds is 3. The van der Waals surface area contributed by atoms with Gasteiger partial charge in [-0.25, -0.2) is 0 Å². The van der Waals surface area contributed by atoms with Crippen molar-refractivity contribution in [3.05, 3.63) is 80.4 Å². The third kappa shape index (κ3) is 3.13. The second kappa shape index (κ2) is 6.55. The van der Waals surface area contributed by atoms with Crippen LogP contribution < -0.4 is 0 Å². The molecule has 0 atom stereocenters. The van der Waals surface area contributed by atoms with E-state index in [4.69, 9.17) is 46.4 Å². The Labute approximate surface area is 149 Å². The first kappa shape index (κ1) is 15.8. The van der Waals surface area contributed by atoms with Crippen LogP contribution in [0.4, 0.5) is 0 Å². The number of hydrogen-bond acceptors (Lipinski definition) is 0. The van der Waals surface area contributed by atoms with Crippen LogP contribution in [0.25, 0.3) is 11.3 Å². The Morgan fingerprint density at radius 3 is 2.14 bits per heavy atom. The monoisotopic (exact) mass is 369 g/mol. The Hall–Kier alpha value is -1.12. The van der Waals surface area contributed by atoms with Crippen molar-refractivity contribution >= 4 is 46.4 Å². The van der Waals surface area contributed by atoms with E-state index in [0.29, 0.717) is 26.8 Å². The molecule has 3 rings (SSSR count). The smallest absolute Gasteiger partial charge is 0.128 e. The van der Waals surface area contributed by atoms with Gasteiger partial charge < -0.3 is 4.57 Å². The highest BCUT2D eigenvalue weighted by Gasteiger charge is 2.15. The fourth-order valence-corrected chi connectivity index (χ4v) is 3.02. The summed E-state index contributed by atoms with van der Waals surface area (Å²) in [5.74, 6) is 0. The number of halogens is 4. The molecular weight excluding hydrogens is 360 g/mol. The van der Waals surface area contributed by atoms with Crippen molar-refractivity contribution in [2.75, 3.05) is 0 Å². The summed E-state index contributed by atoms with van der Waals surface area (Å²) >= 11 is 24.7. The standard InChI is InChI=1S/C17H11Cl4N/c18-13-7-6-12(8-14(13)19)16-9-15(20)17(21)22(16)10-11-4-2-1-3-5-11/h1-9H,10H2. The van der Waals surface area contributed by atoms with Gasteiger partial charge >= 0.3 is 0 Å². The summed E-state index contributed by atoms with van der Waals surface area (Å²) in [4.78, 5) is 0. The van der Waals surface area contributed by atoms with Crippen LogP contribution in [0, 0.1) is 0 Å². The highest BCUT2D eigenvalue weighted by Crippen LogP contribution is 2.35. The second-order valence-corrected chi connectivity index (χ2v) is 6.45. The van der Waals surface area contributed by atoms with Crippen molar-refractivity contribution in [2.45, 2.75) is 6.54 Å². The third-order valence-electron chi connectivity index (χ3n) is 3.39. The van der Waals surface area contributed by atoms with Gasteiger partial charge in [0.25, 0.3) is 0 Å². The Morgan fingerprint density at radius 1 is 0.727 bits per heavy atom. The second-order valence-electron chi connectivity index (χ2n) is 4.87. The summed E-state index contributed by atoms with van der Waals surface area (Å²) in [5.41, 5.74) is 2.95. The first-order valence-electron chi connectivity index (χ1n) is 6.60. The van der Waals surface area contributed by atoms with Gasteiger partial charge in [0.05, 0.1) is 20.8 Å². The molecule has 0 aliphatic rings. The molecule has 5 heteroatoms. The summed E-state index contributed by atoms with van der Waals surface area (Å²) in [5, 5.41) is 2.04. The van der Waals surface area contributed by atoms with Crippen molar-refractivity contribution in [3.63, 3.8) is 0 Å². The lowest BCUT2D eigenvalue weighted by molar-refractivity contribution is 0.815. The molecule has 112 valence electrons. The Balaban J connectivity index is 2.08. The molecule has 0 spiro atoms. The number of aromatic nitrogens is 1. The van der Waals surface area contributed by atoms with Crippen molar-refractivity contribution in [3.8, 4) is 11.3 Å². The van der Waals surface area contributed by atoms with Gasteiger partial charge in [-0.2, -0.15) is 0 Å². The molecule has 1 heterocycles. The first-order chi connectivity index (χ1) is 10.6. The highest BCUT2D eigenvalue weighted by atomic mass is 35.5. The highest BCUT2D eigenvalue weighted by molar-refractivity contribution is 6.42. The van der Waals surface area contributed by atoms with E-state index < -0.39 is 0 Å². The van der Waals surface area contributed by atoms with Crippen LogP contribution in [-0.2, 0) is 6.54 Å². The molecule has 0 fully saturated rings. The van der Waals surface area contributed by atoms with Gasteiger partial charge in [0.1, 0.15) is 5.15 Å². The molecule has 1 aromatic heterocycles. The van der Waals surface area contributed by atoms with Gasteiger partial charge in [-0.05, 0) is 29.3 Å². The van der Waals surface area contributed by atoms with E-state index in [9.17, 15) is 0 Å². The lowest BCUT2D eigenvalue weighted by Crippen LogP contribution is -2.01. The van der Waals surface area contributed by atoms with E-state index in [1.165, 1.54) is 0 Å². The molecule has 0 radical (unpaired) electrons. The average molecular weight is 371 g/mol. The normalized spacial score (nSPS) is 10.9. The molecule has 3 aromatic rings. The fourth-order valence-electron chi connectivity index (χ4n) is 2.31. The van der Waals surface area contributed by atoms with E-state index in [1.54, 1.807) is 6.07 Å². The van der Waals surface area contributed by atoms with Crippen LogP contribution in [-0.4, -0.2) is 4.57 Å². The molecule has 22 heavy (non-hydrogen) atoms. The summed E-state index contributed by atoms with van der Waals surface area (Å²) in [7, 11) is 0. The molecule has 0 saturated heterocycles. The van der Waals surface area contributed by atoms with Gasteiger partial charge in [0.2, 0.25) is 0 Å². The van der Waals surface area contributed by atoms with Gasteiger partial charge in [-0.3, -0.25) is 0 Å². The van der Waals surface area contributed by atoms with E-state index in [1.807, 2.05) is 53.1 Å². The zero-order chi connectivity index (χ0) is 15.7. The van der Waals surface area contributed by atoms with E-state index in [-0.39, 0.29) is 0 Å². The van der Waals surface area contributed by atoms with Gasteiger partial charge in [-0.15, -0.1) is 0 Å². The zero-order valence-electron chi connectivity index (χ0n) is 11.4. The van der Waals surface area contributed by atoms with Gasteiger partial charge in [0.15, 0.2) is 0 Å². The SMILES string of the molecule is Clc1ccc(-c2cc(Cl)c(Cl)n2Cc2ccccc2)cc1Cl. The number of benzene rings is 2. The van der Waals surface area contributed by atoms with E-state index in [0.717, 1.165) is 16.8 Å². The van der Waals surface area contributed by atoms with Crippen LogP contribution >= 0.6 is 46.4 Å². The number of hydrogen-bond donors (Lipinski definition) is 0. The summed E-state index contributed by atoms with van der Waals surface area (Å²) in [6.07, 6.45) is 0. The predicted octanol–water partition coefficient (Wildman–Crippen LogP) is 6.82. The maximum Gasteiger partial charge on any atom is 0.128 e. The minimum atomic E-state index is 0.499. The van der Waals surface area contributed by atoms with Crippen LogP contribution in [0.15, 0.2) is 54.6 Å². The topological polar surface area (TPSA) is 4.93 Å². The third-order valence-corrected chi connectivity index (χ3v) is 4.92. The maximum atomic E-state index is 6.36. The summed E-state index contributed by atoms with van der Waals surface area (Å²) in [6, 6.07) is 17.4. The minimum Gasteiger partial charge on any atom is -0.326 e. The van der Waals surface area contributed by atoms with Gasteiger partial charge in [-0.1, -0.05) is 82.8 Å².